The maximum absolute atomic E-state index is 12.7. The summed E-state index contributed by atoms with van der Waals surface area (Å²) in [6.45, 7) is 2.72. The van der Waals surface area contributed by atoms with Gasteiger partial charge in [-0.05, 0) is 19.3 Å². The van der Waals surface area contributed by atoms with Crippen molar-refractivity contribution >= 4 is 29.3 Å². The van der Waals surface area contributed by atoms with E-state index in [1.54, 1.807) is 15.6 Å². The Hall–Kier alpha value is -2.09. The zero-order valence-corrected chi connectivity index (χ0v) is 14.1. The molecule has 122 valence electrons. The summed E-state index contributed by atoms with van der Waals surface area (Å²) in [4.78, 5) is 23.2. The van der Waals surface area contributed by atoms with Gasteiger partial charge in [-0.3, -0.25) is 14.4 Å². The number of anilines is 2. The van der Waals surface area contributed by atoms with E-state index in [0.29, 0.717) is 23.3 Å². The average Bonchev–Trinajstić information content (AvgIpc) is 2.95. The van der Waals surface area contributed by atoms with Crippen LogP contribution in [-0.4, -0.2) is 37.5 Å². The van der Waals surface area contributed by atoms with Gasteiger partial charge >= 0.3 is 0 Å². The standard InChI is InChI=1S/C15H20N6OS/c1-3-10-9-12(16)18-15(17-10)23-11-5-4-7-21(14(11)22)13-6-8-20(2)19-13/h6,8-9,11H,3-5,7H2,1-2H3,(H2,16,17,18)/t11-/m1/s1. The van der Waals surface area contributed by atoms with Crippen molar-refractivity contribution in [2.24, 2.45) is 7.05 Å². The number of rotatable bonds is 4. The molecule has 2 aromatic heterocycles. The second-order valence-electron chi connectivity index (χ2n) is 5.51. The van der Waals surface area contributed by atoms with Crippen molar-refractivity contribution in [3.8, 4) is 0 Å². The van der Waals surface area contributed by atoms with Crippen LogP contribution in [0.3, 0.4) is 0 Å². The van der Waals surface area contributed by atoms with Crippen LogP contribution in [0.5, 0.6) is 0 Å². The van der Waals surface area contributed by atoms with Gasteiger partial charge in [-0.1, -0.05) is 18.7 Å². The van der Waals surface area contributed by atoms with E-state index in [2.05, 4.69) is 15.1 Å². The van der Waals surface area contributed by atoms with Gasteiger partial charge < -0.3 is 5.73 Å². The molecular formula is C15H20N6OS. The van der Waals surface area contributed by atoms with Crippen LogP contribution in [0.2, 0.25) is 0 Å². The van der Waals surface area contributed by atoms with Crippen LogP contribution in [0.15, 0.2) is 23.5 Å². The number of nitrogens with two attached hydrogens (primary N) is 1. The van der Waals surface area contributed by atoms with Gasteiger partial charge in [0.2, 0.25) is 5.91 Å². The summed E-state index contributed by atoms with van der Waals surface area (Å²) in [7, 11) is 1.84. The van der Waals surface area contributed by atoms with Crippen LogP contribution >= 0.6 is 11.8 Å². The lowest BCUT2D eigenvalue weighted by molar-refractivity contribution is -0.119. The zero-order valence-electron chi connectivity index (χ0n) is 13.3. The lowest BCUT2D eigenvalue weighted by atomic mass is 10.1. The minimum absolute atomic E-state index is 0.0593. The number of hydrogen-bond acceptors (Lipinski definition) is 6. The fourth-order valence-electron chi connectivity index (χ4n) is 2.58. The monoisotopic (exact) mass is 332 g/mol. The summed E-state index contributed by atoms with van der Waals surface area (Å²) >= 11 is 1.39. The Morgan fingerprint density at radius 1 is 1.43 bits per heavy atom. The first kappa shape index (κ1) is 15.8. The van der Waals surface area contributed by atoms with E-state index in [1.807, 2.05) is 26.2 Å². The molecule has 8 heteroatoms. The molecule has 0 spiro atoms. The lowest BCUT2D eigenvalue weighted by Gasteiger charge is -2.30. The van der Waals surface area contributed by atoms with Crippen molar-refractivity contribution in [2.45, 2.75) is 36.6 Å². The van der Waals surface area contributed by atoms with E-state index in [0.717, 1.165) is 25.0 Å². The number of piperidine rings is 1. The van der Waals surface area contributed by atoms with Gasteiger partial charge in [-0.2, -0.15) is 5.10 Å². The number of hydrogen-bond donors (Lipinski definition) is 1. The van der Waals surface area contributed by atoms with Crippen molar-refractivity contribution in [3.05, 3.63) is 24.0 Å². The van der Waals surface area contributed by atoms with Gasteiger partial charge in [0.05, 0.1) is 5.25 Å². The van der Waals surface area contributed by atoms with Gasteiger partial charge in [0.1, 0.15) is 5.82 Å². The van der Waals surface area contributed by atoms with E-state index < -0.39 is 0 Å². The molecule has 0 unspecified atom stereocenters. The van der Waals surface area contributed by atoms with Crippen LogP contribution in [0.1, 0.15) is 25.5 Å². The molecule has 1 aliphatic heterocycles. The fraction of sp³-hybridized carbons (Fsp3) is 0.467. The number of amides is 1. The number of nitrogen functional groups attached to an aromatic ring is 1. The maximum Gasteiger partial charge on any atom is 0.241 e. The number of aromatic nitrogens is 4. The van der Waals surface area contributed by atoms with Crippen LogP contribution in [0.4, 0.5) is 11.6 Å². The molecule has 3 heterocycles. The van der Waals surface area contributed by atoms with E-state index in [1.165, 1.54) is 11.8 Å². The predicted molar refractivity (Wildman–Crippen MR) is 90.3 cm³/mol. The number of nitrogens with zero attached hydrogens (tertiary/aromatic N) is 5. The summed E-state index contributed by atoms with van der Waals surface area (Å²) in [5, 5.41) is 4.70. The molecule has 0 radical (unpaired) electrons. The molecule has 7 nitrogen and oxygen atoms in total. The molecule has 2 N–H and O–H groups in total. The first-order chi connectivity index (χ1) is 11.1. The van der Waals surface area contributed by atoms with Gasteiger partial charge in [-0.25, -0.2) is 9.97 Å². The van der Waals surface area contributed by atoms with Crippen LogP contribution in [-0.2, 0) is 18.3 Å². The molecule has 0 bridgehead atoms. The molecule has 1 aliphatic rings. The Labute approximate surface area is 139 Å². The normalized spacial score (nSPS) is 18.4. The molecule has 0 saturated carbocycles. The van der Waals surface area contributed by atoms with Crippen molar-refractivity contribution in [3.63, 3.8) is 0 Å². The van der Waals surface area contributed by atoms with Gasteiger partial charge in [0, 0.05) is 37.6 Å². The predicted octanol–water partition coefficient (Wildman–Crippen LogP) is 1.64. The van der Waals surface area contributed by atoms with Crippen LogP contribution in [0, 0.1) is 0 Å². The minimum atomic E-state index is -0.197. The smallest absolute Gasteiger partial charge is 0.241 e. The van der Waals surface area contributed by atoms with E-state index in [-0.39, 0.29) is 11.2 Å². The molecule has 0 aromatic carbocycles. The van der Waals surface area contributed by atoms with E-state index in [4.69, 9.17) is 5.73 Å². The number of aryl methyl sites for hydroxylation is 2. The van der Waals surface area contributed by atoms with Crippen molar-refractivity contribution in [1.82, 2.24) is 19.7 Å². The summed E-state index contributed by atoms with van der Waals surface area (Å²) in [6, 6.07) is 3.63. The highest BCUT2D eigenvalue weighted by Crippen LogP contribution is 2.30. The molecule has 1 atom stereocenters. The summed E-state index contributed by atoms with van der Waals surface area (Å²) in [6.07, 6.45) is 4.38. The zero-order chi connectivity index (χ0) is 16.4. The first-order valence-corrected chi connectivity index (χ1v) is 8.56. The average molecular weight is 332 g/mol. The van der Waals surface area contributed by atoms with E-state index in [9.17, 15) is 4.79 Å². The molecule has 23 heavy (non-hydrogen) atoms. The van der Waals surface area contributed by atoms with Gasteiger partial charge in [-0.15, -0.1) is 0 Å². The van der Waals surface area contributed by atoms with Crippen LogP contribution in [0.25, 0.3) is 0 Å². The summed E-state index contributed by atoms with van der Waals surface area (Å²) in [5.41, 5.74) is 6.72. The SMILES string of the molecule is CCc1cc(N)nc(S[C@@H]2CCCN(c3ccn(C)n3)C2=O)n1. The third kappa shape index (κ3) is 3.47. The van der Waals surface area contributed by atoms with Crippen LogP contribution < -0.4 is 10.6 Å². The lowest BCUT2D eigenvalue weighted by Crippen LogP contribution is -2.43. The number of carbonyl (C=O) groups is 1. The minimum Gasteiger partial charge on any atom is -0.384 e. The first-order valence-electron chi connectivity index (χ1n) is 7.68. The van der Waals surface area contributed by atoms with Crippen molar-refractivity contribution in [1.29, 1.82) is 0 Å². The molecule has 1 fully saturated rings. The highest BCUT2D eigenvalue weighted by Gasteiger charge is 2.32. The Balaban J connectivity index is 1.77. The molecule has 0 aliphatic carbocycles. The largest absolute Gasteiger partial charge is 0.384 e. The van der Waals surface area contributed by atoms with Crippen molar-refractivity contribution in [2.75, 3.05) is 17.2 Å². The van der Waals surface area contributed by atoms with E-state index >= 15 is 0 Å². The second-order valence-corrected chi connectivity index (χ2v) is 6.68. The van der Waals surface area contributed by atoms with Crippen molar-refractivity contribution < 1.29 is 4.79 Å². The number of carbonyl (C=O) groups excluding carboxylic acids is 1. The highest BCUT2D eigenvalue weighted by molar-refractivity contribution is 8.00. The second kappa shape index (κ2) is 6.57. The molecular weight excluding hydrogens is 312 g/mol. The third-order valence-electron chi connectivity index (χ3n) is 3.75. The third-order valence-corrected chi connectivity index (χ3v) is 4.87. The summed E-state index contributed by atoms with van der Waals surface area (Å²) in [5.74, 6) is 1.21. The Kier molecular flexibility index (Phi) is 4.51. The molecule has 1 amide bonds. The topological polar surface area (TPSA) is 89.9 Å². The number of thioether (sulfide) groups is 1. The summed E-state index contributed by atoms with van der Waals surface area (Å²) < 4.78 is 1.70. The maximum atomic E-state index is 12.7. The molecule has 2 aromatic rings. The fourth-order valence-corrected chi connectivity index (χ4v) is 3.68. The molecule has 1 saturated heterocycles. The molecule has 3 rings (SSSR count). The quantitative estimate of drug-likeness (QED) is 0.856. The Morgan fingerprint density at radius 2 is 2.26 bits per heavy atom. The van der Waals surface area contributed by atoms with Gasteiger partial charge in [0.25, 0.3) is 0 Å². The highest BCUT2D eigenvalue weighted by atomic mass is 32.2. The Bertz CT molecular complexity index is 716. The van der Waals surface area contributed by atoms with Gasteiger partial charge in [0.15, 0.2) is 11.0 Å². The Morgan fingerprint density at radius 3 is 2.96 bits per heavy atom.